The van der Waals surface area contributed by atoms with Crippen molar-refractivity contribution in [3.05, 3.63) is 54.4 Å². The molecule has 31 heavy (non-hydrogen) atoms. The van der Waals surface area contributed by atoms with Crippen molar-refractivity contribution >= 4 is 34.5 Å². The normalized spacial score (nSPS) is 19.4. The lowest BCUT2D eigenvalue weighted by Gasteiger charge is -2.39. The summed E-state index contributed by atoms with van der Waals surface area (Å²) in [6, 6.07) is 14.6. The van der Waals surface area contributed by atoms with Crippen LogP contribution in [-0.4, -0.2) is 47.0 Å². The first-order valence-corrected chi connectivity index (χ1v) is 11.8. The number of piperidine rings is 1. The smallest absolute Gasteiger partial charge is 0.243 e. The fourth-order valence-corrected chi connectivity index (χ4v) is 5.49. The van der Waals surface area contributed by atoms with Crippen LogP contribution in [0.3, 0.4) is 0 Å². The van der Waals surface area contributed by atoms with Gasteiger partial charge in [-0.2, -0.15) is 0 Å². The molecule has 7 nitrogen and oxygen atoms in total. The standard InChI is InChI=1S/C23H26N6OS/c1-16-8-7-9-17(2)28(16)21(30)14-27-19-11-3-4-12-20(19)29-22(27)25-26-23(29)31-15-18-10-5-6-13-24-18/h3-6,10-13,16-17H,7-9,14-15H2,1-2H3/t16-,17-/m0/s1. The molecule has 0 saturated carbocycles. The third-order valence-electron chi connectivity index (χ3n) is 6.12. The van der Waals surface area contributed by atoms with E-state index in [-0.39, 0.29) is 24.5 Å². The second kappa shape index (κ2) is 8.34. The van der Waals surface area contributed by atoms with E-state index in [0.29, 0.717) is 11.5 Å². The minimum atomic E-state index is 0.147. The van der Waals surface area contributed by atoms with Crippen LogP contribution in [0.25, 0.3) is 16.8 Å². The van der Waals surface area contributed by atoms with Gasteiger partial charge in [-0.25, -0.2) is 0 Å². The van der Waals surface area contributed by atoms with Crippen molar-refractivity contribution in [1.29, 1.82) is 0 Å². The van der Waals surface area contributed by atoms with E-state index in [1.165, 1.54) is 6.42 Å². The molecule has 8 heteroatoms. The summed E-state index contributed by atoms with van der Waals surface area (Å²) in [5.41, 5.74) is 3.01. The largest absolute Gasteiger partial charge is 0.336 e. The first kappa shape index (κ1) is 20.1. The van der Waals surface area contributed by atoms with Crippen LogP contribution in [0.2, 0.25) is 0 Å². The summed E-state index contributed by atoms with van der Waals surface area (Å²) in [5, 5.41) is 9.71. The molecule has 0 aliphatic carbocycles. The molecule has 5 rings (SSSR count). The second-order valence-corrected chi connectivity index (χ2v) is 9.18. The number of hydrogen-bond donors (Lipinski definition) is 0. The number of para-hydroxylation sites is 2. The second-order valence-electron chi connectivity index (χ2n) is 8.23. The van der Waals surface area contributed by atoms with Crippen molar-refractivity contribution in [3.63, 3.8) is 0 Å². The number of fused-ring (bicyclic) bond motifs is 3. The van der Waals surface area contributed by atoms with Gasteiger partial charge in [0.1, 0.15) is 6.54 Å². The molecule has 0 unspecified atom stereocenters. The zero-order valence-corrected chi connectivity index (χ0v) is 18.6. The van der Waals surface area contributed by atoms with E-state index >= 15 is 0 Å². The highest BCUT2D eigenvalue weighted by atomic mass is 32.2. The lowest BCUT2D eigenvalue weighted by Crippen LogP contribution is -2.48. The van der Waals surface area contributed by atoms with E-state index in [1.807, 2.05) is 41.0 Å². The minimum Gasteiger partial charge on any atom is -0.336 e. The van der Waals surface area contributed by atoms with Crippen molar-refractivity contribution in [2.75, 3.05) is 0 Å². The van der Waals surface area contributed by atoms with Crippen LogP contribution in [0.5, 0.6) is 0 Å². The van der Waals surface area contributed by atoms with Gasteiger partial charge in [0, 0.05) is 24.0 Å². The molecule has 4 heterocycles. The lowest BCUT2D eigenvalue weighted by atomic mass is 9.97. The summed E-state index contributed by atoms with van der Waals surface area (Å²) < 4.78 is 4.06. The van der Waals surface area contributed by atoms with Crippen molar-refractivity contribution in [3.8, 4) is 0 Å². The highest BCUT2D eigenvalue weighted by Crippen LogP contribution is 2.28. The first-order chi connectivity index (χ1) is 15.1. The third-order valence-corrected chi connectivity index (χ3v) is 7.08. The Morgan fingerprint density at radius 3 is 2.52 bits per heavy atom. The van der Waals surface area contributed by atoms with Gasteiger partial charge in [-0.1, -0.05) is 30.0 Å². The zero-order chi connectivity index (χ0) is 21.4. The van der Waals surface area contributed by atoms with Gasteiger partial charge in [0.2, 0.25) is 11.7 Å². The van der Waals surface area contributed by atoms with E-state index in [9.17, 15) is 4.79 Å². The highest BCUT2D eigenvalue weighted by Gasteiger charge is 2.30. The van der Waals surface area contributed by atoms with Crippen LogP contribution in [0.1, 0.15) is 38.8 Å². The average molecular weight is 435 g/mol. The van der Waals surface area contributed by atoms with E-state index in [2.05, 4.69) is 44.4 Å². The Kier molecular flexibility index (Phi) is 5.40. The maximum Gasteiger partial charge on any atom is 0.243 e. The summed E-state index contributed by atoms with van der Waals surface area (Å²) >= 11 is 1.60. The molecule has 1 aliphatic rings. The number of hydrogen-bond acceptors (Lipinski definition) is 5. The maximum atomic E-state index is 13.3. The third kappa shape index (κ3) is 3.69. The summed E-state index contributed by atoms with van der Waals surface area (Å²) in [4.78, 5) is 19.8. The average Bonchev–Trinajstić information content (AvgIpc) is 3.32. The van der Waals surface area contributed by atoms with Gasteiger partial charge in [0.15, 0.2) is 5.16 Å². The molecule has 1 fully saturated rings. The number of pyridine rings is 1. The maximum absolute atomic E-state index is 13.3. The lowest BCUT2D eigenvalue weighted by molar-refractivity contribution is -0.137. The summed E-state index contributed by atoms with van der Waals surface area (Å²) in [7, 11) is 0. The SMILES string of the molecule is C[C@H]1CCC[C@H](C)N1C(=O)Cn1c2ccccc2n2c(SCc3ccccn3)nnc12. The van der Waals surface area contributed by atoms with E-state index < -0.39 is 0 Å². The number of carbonyl (C=O) groups is 1. The van der Waals surface area contributed by atoms with E-state index in [1.54, 1.807) is 18.0 Å². The summed E-state index contributed by atoms with van der Waals surface area (Å²) in [6.07, 6.45) is 5.12. The molecule has 1 aliphatic heterocycles. The van der Waals surface area contributed by atoms with Gasteiger partial charge < -0.3 is 4.90 Å². The number of imidazole rings is 1. The van der Waals surface area contributed by atoms with Crippen LogP contribution in [0.4, 0.5) is 0 Å². The number of amides is 1. The number of thioether (sulfide) groups is 1. The fraction of sp³-hybridized carbons (Fsp3) is 0.391. The summed E-state index contributed by atoms with van der Waals surface area (Å²) in [6.45, 7) is 4.58. The molecule has 3 aromatic heterocycles. The van der Waals surface area contributed by atoms with Gasteiger partial charge in [-0.15, -0.1) is 10.2 Å². The van der Waals surface area contributed by atoms with Gasteiger partial charge in [0.25, 0.3) is 0 Å². The number of rotatable bonds is 5. The molecule has 0 bridgehead atoms. The fourth-order valence-electron chi connectivity index (χ4n) is 4.64. The molecular weight excluding hydrogens is 408 g/mol. The topological polar surface area (TPSA) is 68.3 Å². The molecular formula is C23H26N6OS. The van der Waals surface area contributed by atoms with Gasteiger partial charge >= 0.3 is 0 Å². The Morgan fingerprint density at radius 2 is 1.77 bits per heavy atom. The van der Waals surface area contributed by atoms with Crippen molar-refractivity contribution < 1.29 is 4.79 Å². The van der Waals surface area contributed by atoms with Gasteiger partial charge in [-0.05, 0) is 57.4 Å². The van der Waals surface area contributed by atoms with Crippen molar-refractivity contribution in [2.24, 2.45) is 0 Å². The monoisotopic (exact) mass is 434 g/mol. The Morgan fingerprint density at radius 1 is 1.03 bits per heavy atom. The molecule has 0 radical (unpaired) electrons. The van der Waals surface area contributed by atoms with Gasteiger partial charge in [-0.3, -0.25) is 18.7 Å². The zero-order valence-electron chi connectivity index (χ0n) is 17.8. The Labute approximate surface area is 185 Å². The molecule has 0 N–H and O–H groups in total. The molecule has 0 spiro atoms. The molecule has 1 amide bonds. The molecule has 4 aromatic rings. The van der Waals surface area contributed by atoms with E-state index in [4.69, 9.17) is 0 Å². The predicted octanol–water partition coefficient (Wildman–Crippen LogP) is 4.16. The summed E-state index contributed by atoms with van der Waals surface area (Å²) in [5.74, 6) is 1.56. The first-order valence-electron chi connectivity index (χ1n) is 10.8. The Hall–Kier alpha value is -2.87. The van der Waals surface area contributed by atoms with Crippen molar-refractivity contribution in [2.45, 2.75) is 62.6 Å². The predicted molar refractivity (Wildman–Crippen MR) is 122 cm³/mol. The number of likely N-dealkylation sites (tertiary alicyclic amines) is 1. The van der Waals surface area contributed by atoms with E-state index in [0.717, 1.165) is 34.7 Å². The number of aromatic nitrogens is 5. The van der Waals surface area contributed by atoms with Crippen molar-refractivity contribution in [1.82, 2.24) is 29.0 Å². The minimum absolute atomic E-state index is 0.147. The van der Waals surface area contributed by atoms with Crippen LogP contribution in [-0.2, 0) is 17.1 Å². The Bertz CT molecular complexity index is 1210. The quantitative estimate of drug-likeness (QED) is 0.441. The van der Waals surface area contributed by atoms with Crippen LogP contribution < -0.4 is 0 Å². The molecule has 1 saturated heterocycles. The number of nitrogens with zero attached hydrogens (tertiary/aromatic N) is 6. The number of carbonyl (C=O) groups excluding carboxylic acids is 1. The van der Waals surface area contributed by atoms with Crippen LogP contribution >= 0.6 is 11.8 Å². The van der Waals surface area contributed by atoms with Crippen LogP contribution in [0, 0.1) is 0 Å². The Balaban J connectivity index is 1.49. The number of benzene rings is 1. The van der Waals surface area contributed by atoms with Crippen LogP contribution in [0.15, 0.2) is 53.8 Å². The van der Waals surface area contributed by atoms with Gasteiger partial charge in [0.05, 0.1) is 16.7 Å². The molecule has 160 valence electrons. The molecule has 1 aromatic carbocycles. The highest BCUT2D eigenvalue weighted by molar-refractivity contribution is 7.98. The molecule has 2 atom stereocenters.